The number of nitrogens with zero attached hydrogens (tertiary/aromatic N) is 1. The second-order valence-corrected chi connectivity index (χ2v) is 10.5. The highest BCUT2D eigenvalue weighted by atomic mass is 16.2. The Morgan fingerprint density at radius 3 is 2.00 bits per heavy atom. The summed E-state index contributed by atoms with van der Waals surface area (Å²) in [6, 6.07) is 17.6. The number of rotatable bonds is 4. The highest BCUT2D eigenvalue weighted by Crippen LogP contribution is 2.53. The minimum Gasteiger partial charge on any atom is -0.347 e. The SMILES string of the molecule is CC1(C)C[C@@H]1CC(=O)NCC(=O)N1CCC(=C2c3ccccc3CCc3ccccc32)CC1. The summed E-state index contributed by atoms with van der Waals surface area (Å²) >= 11 is 0. The van der Waals surface area contributed by atoms with Crippen molar-refractivity contribution in [3.8, 4) is 0 Å². The number of amides is 2. The summed E-state index contributed by atoms with van der Waals surface area (Å²) in [5.74, 6) is 0.497. The number of carbonyl (C=O) groups excluding carboxylic acids is 2. The van der Waals surface area contributed by atoms with Crippen LogP contribution < -0.4 is 5.32 Å². The summed E-state index contributed by atoms with van der Waals surface area (Å²) in [6.45, 7) is 5.94. The third-order valence-corrected chi connectivity index (χ3v) is 7.90. The number of aryl methyl sites for hydroxylation is 2. The molecule has 1 saturated heterocycles. The van der Waals surface area contributed by atoms with Gasteiger partial charge in [0.2, 0.25) is 11.8 Å². The number of nitrogens with one attached hydrogen (secondary N) is 1. The van der Waals surface area contributed by atoms with Crippen LogP contribution in [0.3, 0.4) is 0 Å². The average molecular weight is 443 g/mol. The molecule has 2 aromatic rings. The van der Waals surface area contributed by atoms with E-state index in [0.717, 1.165) is 32.1 Å². The van der Waals surface area contributed by atoms with Crippen LogP contribution in [0.15, 0.2) is 54.1 Å². The number of fused-ring (bicyclic) bond motifs is 2. The van der Waals surface area contributed by atoms with Gasteiger partial charge in [-0.15, -0.1) is 0 Å². The maximum atomic E-state index is 12.8. The molecule has 4 heteroatoms. The largest absolute Gasteiger partial charge is 0.347 e. The zero-order valence-electron chi connectivity index (χ0n) is 19.8. The quantitative estimate of drug-likeness (QED) is 0.742. The van der Waals surface area contributed by atoms with E-state index in [1.165, 1.54) is 33.4 Å². The van der Waals surface area contributed by atoms with E-state index in [9.17, 15) is 9.59 Å². The summed E-state index contributed by atoms with van der Waals surface area (Å²) < 4.78 is 0. The van der Waals surface area contributed by atoms with Gasteiger partial charge in [-0.3, -0.25) is 9.59 Å². The minimum absolute atomic E-state index is 0.00501. The molecule has 0 aromatic heterocycles. The number of carbonyl (C=O) groups is 2. The normalized spacial score (nSPS) is 21.0. The number of piperidine rings is 1. The first-order valence-corrected chi connectivity index (χ1v) is 12.4. The summed E-state index contributed by atoms with van der Waals surface area (Å²) in [6.07, 6.45) is 5.53. The topological polar surface area (TPSA) is 49.4 Å². The van der Waals surface area contributed by atoms with Gasteiger partial charge in [0.1, 0.15) is 0 Å². The van der Waals surface area contributed by atoms with E-state index in [0.29, 0.717) is 25.4 Å². The molecular weight excluding hydrogens is 408 g/mol. The summed E-state index contributed by atoms with van der Waals surface area (Å²) in [4.78, 5) is 26.9. The molecule has 4 nitrogen and oxygen atoms in total. The van der Waals surface area contributed by atoms with Crippen molar-refractivity contribution in [1.29, 1.82) is 0 Å². The van der Waals surface area contributed by atoms with Crippen LogP contribution in [0.5, 0.6) is 0 Å². The van der Waals surface area contributed by atoms with Gasteiger partial charge < -0.3 is 10.2 Å². The lowest BCUT2D eigenvalue weighted by molar-refractivity contribution is -0.133. The van der Waals surface area contributed by atoms with Crippen LogP contribution in [0.4, 0.5) is 0 Å². The van der Waals surface area contributed by atoms with E-state index in [1.807, 2.05) is 4.90 Å². The second-order valence-electron chi connectivity index (χ2n) is 10.5. The number of hydrogen-bond donors (Lipinski definition) is 1. The molecule has 0 unspecified atom stereocenters. The molecule has 1 N–H and O–H groups in total. The van der Waals surface area contributed by atoms with Gasteiger partial charge in [0.15, 0.2) is 0 Å². The predicted molar refractivity (Wildman–Crippen MR) is 132 cm³/mol. The smallest absolute Gasteiger partial charge is 0.241 e. The summed E-state index contributed by atoms with van der Waals surface area (Å²) in [5.41, 5.74) is 8.65. The number of hydrogen-bond acceptors (Lipinski definition) is 2. The van der Waals surface area contributed by atoms with E-state index in [4.69, 9.17) is 0 Å². The van der Waals surface area contributed by atoms with Crippen molar-refractivity contribution in [3.05, 3.63) is 76.4 Å². The van der Waals surface area contributed by atoms with E-state index < -0.39 is 0 Å². The average Bonchev–Trinajstić information content (AvgIpc) is 3.47. The fraction of sp³-hybridized carbons (Fsp3) is 0.448. The Morgan fingerprint density at radius 2 is 1.45 bits per heavy atom. The Bertz CT molecular complexity index is 1050. The van der Waals surface area contributed by atoms with E-state index in [-0.39, 0.29) is 23.8 Å². The Hall–Kier alpha value is -2.88. The molecule has 0 bridgehead atoms. The van der Waals surface area contributed by atoms with Crippen LogP contribution in [-0.4, -0.2) is 36.3 Å². The minimum atomic E-state index is 0.00501. The first-order chi connectivity index (χ1) is 15.9. The molecule has 0 radical (unpaired) electrons. The zero-order chi connectivity index (χ0) is 23.0. The van der Waals surface area contributed by atoms with Crippen LogP contribution in [0.1, 0.15) is 61.8 Å². The molecule has 5 rings (SSSR count). The third-order valence-electron chi connectivity index (χ3n) is 7.90. The zero-order valence-corrected chi connectivity index (χ0v) is 19.8. The van der Waals surface area contributed by atoms with Crippen molar-refractivity contribution in [3.63, 3.8) is 0 Å². The van der Waals surface area contributed by atoms with Gasteiger partial charge in [-0.05, 0) is 71.3 Å². The maximum absolute atomic E-state index is 12.8. The number of benzene rings is 2. The lowest BCUT2D eigenvalue weighted by Crippen LogP contribution is -2.43. The molecule has 0 spiro atoms. The fourth-order valence-electron chi connectivity index (χ4n) is 5.54. The van der Waals surface area contributed by atoms with Crippen LogP contribution in [-0.2, 0) is 22.4 Å². The van der Waals surface area contributed by atoms with Gasteiger partial charge in [0.25, 0.3) is 0 Å². The van der Waals surface area contributed by atoms with Crippen molar-refractivity contribution in [2.75, 3.05) is 19.6 Å². The van der Waals surface area contributed by atoms with E-state index in [2.05, 4.69) is 67.7 Å². The fourth-order valence-corrected chi connectivity index (χ4v) is 5.54. The van der Waals surface area contributed by atoms with E-state index in [1.54, 1.807) is 0 Å². The van der Waals surface area contributed by atoms with Crippen molar-refractivity contribution >= 4 is 17.4 Å². The standard InChI is InChI=1S/C29H34N2O2/c1-29(2)18-23(29)17-26(32)30-19-27(33)31-15-13-22(14-16-31)28-24-9-5-3-7-20(24)11-12-21-8-4-6-10-25(21)28/h3-10,23H,11-19H2,1-2H3,(H,30,32)/t23-/m0/s1. The Balaban J connectivity index is 1.27. The molecule has 2 aromatic carbocycles. The van der Waals surface area contributed by atoms with Crippen LogP contribution in [0.25, 0.3) is 5.57 Å². The number of likely N-dealkylation sites (tertiary alicyclic amines) is 1. The molecule has 2 aliphatic carbocycles. The molecule has 2 amide bonds. The summed E-state index contributed by atoms with van der Waals surface area (Å²) in [7, 11) is 0. The first kappa shape index (κ1) is 21.9. The Morgan fingerprint density at radius 1 is 0.909 bits per heavy atom. The third kappa shape index (κ3) is 4.62. The second kappa shape index (κ2) is 8.81. The monoisotopic (exact) mass is 442 g/mol. The van der Waals surface area contributed by atoms with Crippen molar-refractivity contribution in [1.82, 2.24) is 10.2 Å². The lowest BCUT2D eigenvalue weighted by Gasteiger charge is -2.30. The molecule has 3 aliphatic rings. The Kier molecular flexibility index (Phi) is 5.86. The maximum Gasteiger partial charge on any atom is 0.241 e. The molecule has 2 fully saturated rings. The molecule has 1 aliphatic heterocycles. The molecule has 172 valence electrons. The van der Waals surface area contributed by atoms with Crippen molar-refractivity contribution < 1.29 is 9.59 Å². The van der Waals surface area contributed by atoms with Crippen LogP contribution in [0.2, 0.25) is 0 Å². The van der Waals surface area contributed by atoms with Gasteiger partial charge in [-0.1, -0.05) is 68.0 Å². The van der Waals surface area contributed by atoms with E-state index >= 15 is 0 Å². The summed E-state index contributed by atoms with van der Waals surface area (Å²) in [5, 5.41) is 2.86. The van der Waals surface area contributed by atoms with Crippen molar-refractivity contribution in [2.24, 2.45) is 11.3 Å². The van der Waals surface area contributed by atoms with Gasteiger partial charge in [0.05, 0.1) is 6.54 Å². The molecule has 1 atom stereocenters. The molecular formula is C29H34N2O2. The lowest BCUT2D eigenvalue weighted by atomic mass is 9.86. The first-order valence-electron chi connectivity index (χ1n) is 12.4. The van der Waals surface area contributed by atoms with Gasteiger partial charge in [-0.2, -0.15) is 0 Å². The molecule has 1 heterocycles. The molecule has 1 saturated carbocycles. The van der Waals surface area contributed by atoms with Gasteiger partial charge >= 0.3 is 0 Å². The van der Waals surface area contributed by atoms with Crippen LogP contribution >= 0.6 is 0 Å². The molecule has 33 heavy (non-hydrogen) atoms. The van der Waals surface area contributed by atoms with Crippen molar-refractivity contribution in [2.45, 2.75) is 52.4 Å². The van der Waals surface area contributed by atoms with Gasteiger partial charge in [0, 0.05) is 19.5 Å². The highest BCUT2D eigenvalue weighted by molar-refractivity contribution is 5.87. The Labute approximate surface area is 197 Å². The predicted octanol–water partition coefficient (Wildman–Crippen LogP) is 4.76. The highest BCUT2D eigenvalue weighted by Gasteiger charge is 2.46. The van der Waals surface area contributed by atoms with Crippen LogP contribution in [0, 0.1) is 11.3 Å². The van der Waals surface area contributed by atoms with Gasteiger partial charge in [-0.25, -0.2) is 0 Å².